The Kier molecular flexibility index (Phi) is 6.22. The molecule has 0 spiro atoms. The Labute approximate surface area is 277 Å². The van der Waals surface area contributed by atoms with Crippen LogP contribution >= 0.6 is 0 Å². The second kappa shape index (κ2) is 10.9. The van der Waals surface area contributed by atoms with Gasteiger partial charge in [0.25, 0.3) is 0 Å². The maximum absolute atomic E-state index is 10.4. The minimum atomic E-state index is 0.453. The molecule has 0 aliphatic rings. The van der Waals surface area contributed by atoms with Crippen LogP contribution < -0.4 is 0 Å². The first-order valence-electron chi connectivity index (χ1n) is 15.9. The van der Waals surface area contributed by atoms with Crippen LogP contribution in [0.3, 0.4) is 0 Å². The van der Waals surface area contributed by atoms with Crippen LogP contribution in [0.5, 0.6) is 0 Å². The Hall–Kier alpha value is -6.88. The highest BCUT2D eigenvalue weighted by Gasteiger charge is 2.21. The van der Waals surface area contributed by atoms with Crippen molar-refractivity contribution in [3.8, 4) is 45.8 Å². The molecule has 2 aromatic heterocycles. The summed E-state index contributed by atoms with van der Waals surface area (Å²) in [6.07, 6.45) is 0. The monoisotopic (exact) mass is 610 g/mol. The summed E-state index contributed by atoms with van der Waals surface area (Å²) in [5, 5.41) is 25.1. The van der Waals surface area contributed by atoms with Crippen LogP contribution in [-0.2, 0) is 0 Å². The standard InChI is InChI=1S/C44H26N4/c45-27-31-24-32(28-46)43(26-37(31)29-12-3-1-4-13-29)48-40-20-10-8-17-36(40)44-34(18-11-21-42(44)48)30-22-23-41-38(25-30)35-16-7-9-19-39(35)47(41)33-14-5-2-6-15-33/h1-26H. The summed E-state index contributed by atoms with van der Waals surface area (Å²) in [6.45, 7) is 0. The zero-order chi connectivity index (χ0) is 32.2. The largest absolute Gasteiger partial charge is 0.309 e. The van der Waals surface area contributed by atoms with E-state index >= 15 is 0 Å². The molecule has 0 unspecified atom stereocenters. The van der Waals surface area contributed by atoms with E-state index in [-0.39, 0.29) is 0 Å². The Morgan fingerprint density at radius 3 is 1.77 bits per heavy atom. The smallest absolute Gasteiger partial charge is 0.101 e. The average molecular weight is 611 g/mol. The number of benzene rings is 7. The fourth-order valence-electron chi connectivity index (χ4n) is 7.33. The summed E-state index contributed by atoms with van der Waals surface area (Å²) < 4.78 is 4.51. The lowest BCUT2D eigenvalue weighted by Crippen LogP contribution is -2.00. The van der Waals surface area contributed by atoms with Crippen molar-refractivity contribution in [1.82, 2.24) is 9.13 Å². The molecule has 0 bridgehead atoms. The van der Waals surface area contributed by atoms with Gasteiger partial charge in [0, 0.05) is 32.8 Å². The second-order valence-electron chi connectivity index (χ2n) is 12.0. The van der Waals surface area contributed by atoms with E-state index in [2.05, 4.69) is 124 Å². The Morgan fingerprint density at radius 1 is 0.396 bits per heavy atom. The Morgan fingerprint density at radius 2 is 1.02 bits per heavy atom. The van der Waals surface area contributed by atoms with Crippen molar-refractivity contribution in [2.45, 2.75) is 0 Å². The molecule has 9 rings (SSSR count). The summed E-state index contributed by atoms with van der Waals surface area (Å²) in [5.74, 6) is 0. The molecule has 48 heavy (non-hydrogen) atoms. The minimum absolute atomic E-state index is 0.453. The van der Waals surface area contributed by atoms with Crippen molar-refractivity contribution in [2.24, 2.45) is 0 Å². The molecule has 0 atom stereocenters. The third kappa shape index (κ3) is 4.07. The minimum Gasteiger partial charge on any atom is -0.309 e. The van der Waals surface area contributed by atoms with Crippen molar-refractivity contribution in [1.29, 1.82) is 10.5 Å². The number of aromatic nitrogens is 2. The van der Waals surface area contributed by atoms with Crippen molar-refractivity contribution < 1.29 is 0 Å². The lowest BCUT2D eigenvalue weighted by molar-refractivity contribution is 1.17. The number of fused-ring (bicyclic) bond motifs is 6. The van der Waals surface area contributed by atoms with E-state index in [1.54, 1.807) is 6.07 Å². The van der Waals surface area contributed by atoms with Gasteiger partial charge in [0.15, 0.2) is 0 Å². The molecular weight excluding hydrogens is 585 g/mol. The van der Waals surface area contributed by atoms with Gasteiger partial charge in [-0.2, -0.15) is 10.5 Å². The molecule has 7 aromatic carbocycles. The lowest BCUT2D eigenvalue weighted by atomic mass is 9.96. The highest BCUT2D eigenvalue weighted by molar-refractivity contribution is 6.17. The van der Waals surface area contributed by atoms with Gasteiger partial charge in [0.2, 0.25) is 0 Å². The lowest BCUT2D eigenvalue weighted by Gasteiger charge is -2.14. The second-order valence-corrected chi connectivity index (χ2v) is 12.0. The average Bonchev–Trinajstić information content (AvgIpc) is 3.67. The molecule has 2 heterocycles. The highest BCUT2D eigenvalue weighted by atomic mass is 15.0. The predicted octanol–water partition coefficient (Wildman–Crippen LogP) is 11.0. The fourth-order valence-corrected chi connectivity index (χ4v) is 7.33. The SMILES string of the molecule is N#Cc1cc(C#N)c(-n2c3ccccc3c3c(-c4ccc5c(c4)c4ccccc4n5-c4ccccc4)cccc32)cc1-c1ccccc1. The molecule has 0 saturated heterocycles. The van der Waals surface area contributed by atoms with Gasteiger partial charge in [-0.15, -0.1) is 0 Å². The van der Waals surface area contributed by atoms with E-state index in [0.29, 0.717) is 11.1 Å². The fraction of sp³-hybridized carbons (Fsp3) is 0. The Balaban J connectivity index is 1.33. The van der Waals surface area contributed by atoms with E-state index in [1.807, 2.05) is 48.5 Å². The van der Waals surface area contributed by atoms with Gasteiger partial charge in [-0.05, 0) is 71.3 Å². The normalized spacial score (nSPS) is 11.3. The number of hydrogen-bond acceptors (Lipinski definition) is 2. The molecule has 0 fully saturated rings. The molecule has 0 aliphatic heterocycles. The van der Waals surface area contributed by atoms with Crippen LogP contribution in [-0.4, -0.2) is 9.13 Å². The molecule has 222 valence electrons. The third-order valence-electron chi connectivity index (χ3n) is 9.40. The number of para-hydroxylation sites is 3. The first-order valence-corrected chi connectivity index (χ1v) is 15.9. The predicted molar refractivity (Wildman–Crippen MR) is 195 cm³/mol. The zero-order valence-electron chi connectivity index (χ0n) is 25.8. The van der Waals surface area contributed by atoms with Crippen LogP contribution in [0.1, 0.15) is 11.1 Å². The van der Waals surface area contributed by atoms with Gasteiger partial charge in [-0.3, -0.25) is 0 Å². The molecule has 0 radical (unpaired) electrons. The van der Waals surface area contributed by atoms with Crippen molar-refractivity contribution in [3.63, 3.8) is 0 Å². The van der Waals surface area contributed by atoms with Gasteiger partial charge < -0.3 is 9.13 Å². The summed E-state index contributed by atoms with van der Waals surface area (Å²) in [7, 11) is 0. The molecule has 0 amide bonds. The summed E-state index contributed by atoms with van der Waals surface area (Å²) in [4.78, 5) is 0. The molecule has 0 aliphatic carbocycles. The van der Waals surface area contributed by atoms with Crippen molar-refractivity contribution in [3.05, 3.63) is 169 Å². The van der Waals surface area contributed by atoms with Crippen molar-refractivity contribution >= 4 is 43.6 Å². The summed E-state index contributed by atoms with van der Waals surface area (Å²) in [5.41, 5.74) is 11.1. The zero-order valence-corrected chi connectivity index (χ0v) is 25.8. The van der Waals surface area contributed by atoms with Crippen molar-refractivity contribution in [2.75, 3.05) is 0 Å². The molecular formula is C44H26N4. The first-order chi connectivity index (χ1) is 23.7. The van der Waals surface area contributed by atoms with Crippen LogP contribution in [0.2, 0.25) is 0 Å². The van der Waals surface area contributed by atoms with E-state index < -0.39 is 0 Å². The van der Waals surface area contributed by atoms with Gasteiger partial charge in [0.05, 0.1) is 45.0 Å². The van der Waals surface area contributed by atoms with E-state index in [4.69, 9.17) is 0 Å². The first kappa shape index (κ1) is 27.4. The van der Waals surface area contributed by atoms with E-state index in [0.717, 1.165) is 61.0 Å². The molecule has 4 heteroatoms. The Bertz CT molecular complexity index is 2790. The molecule has 0 saturated carbocycles. The van der Waals surface area contributed by atoms with Crippen LogP contribution in [0.25, 0.3) is 77.2 Å². The maximum Gasteiger partial charge on any atom is 0.101 e. The van der Waals surface area contributed by atoms with Crippen LogP contribution in [0.15, 0.2) is 158 Å². The van der Waals surface area contributed by atoms with Gasteiger partial charge >= 0.3 is 0 Å². The quantitative estimate of drug-likeness (QED) is 0.199. The highest BCUT2D eigenvalue weighted by Crippen LogP contribution is 2.42. The van der Waals surface area contributed by atoms with Crippen LogP contribution in [0.4, 0.5) is 0 Å². The summed E-state index contributed by atoms with van der Waals surface area (Å²) >= 11 is 0. The van der Waals surface area contributed by atoms with Crippen LogP contribution in [0, 0.1) is 22.7 Å². The topological polar surface area (TPSA) is 57.4 Å². The van der Waals surface area contributed by atoms with Gasteiger partial charge in [-0.25, -0.2) is 0 Å². The van der Waals surface area contributed by atoms with Gasteiger partial charge in [-0.1, -0.05) is 103 Å². The van der Waals surface area contributed by atoms with E-state index in [1.165, 1.54) is 16.3 Å². The number of nitrogens with zero attached hydrogens (tertiary/aromatic N) is 4. The number of rotatable bonds is 4. The van der Waals surface area contributed by atoms with E-state index in [9.17, 15) is 10.5 Å². The third-order valence-corrected chi connectivity index (χ3v) is 9.40. The van der Waals surface area contributed by atoms with Gasteiger partial charge in [0.1, 0.15) is 6.07 Å². The summed E-state index contributed by atoms with van der Waals surface area (Å²) in [6, 6.07) is 59.0. The maximum atomic E-state index is 10.4. The number of nitriles is 2. The molecule has 4 nitrogen and oxygen atoms in total. The number of hydrogen-bond donors (Lipinski definition) is 0. The molecule has 0 N–H and O–H groups in total. The molecule has 9 aromatic rings.